The number of nitrogen functional groups attached to an aromatic ring is 1. The van der Waals surface area contributed by atoms with Gasteiger partial charge < -0.3 is 15.6 Å². The van der Waals surface area contributed by atoms with E-state index < -0.39 is 0 Å². The van der Waals surface area contributed by atoms with Crippen LogP contribution in [0.2, 0.25) is 0 Å². The van der Waals surface area contributed by atoms with E-state index in [0.717, 1.165) is 16.9 Å². The van der Waals surface area contributed by atoms with Crippen LogP contribution in [-0.2, 0) is 0 Å². The summed E-state index contributed by atoms with van der Waals surface area (Å²) in [5.74, 6) is 0.602. The summed E-state index contributed by atoms with van der Waals surface area (Å²) < 4.78 is 5.05. The Morgan fingerprint density at radius 3 is 2.73 bits per heavy atom. The van der Waals surface area contributed by atoms with Gasteiger partial charge in [-0.05, 0) is 31.5 Å². The molecule has 0 bridgehead atoms. The standard InChI is InChI=1S/C11H13N3O/c1-7-3-4-9(12)10(5-7)13-11-6-8(2)14-15-11/h3-6,13H,12H2,1-2H3. The molecule has 0 unspecified atom stereocenters. The topological polar surface area (TPSA) is 64.1 Å². The zero-order chi connectivity index (χ0) is 10.8. The minimum Gasteiger partial charge on any atom is -0.397 e. The SMILES string of the molecule is Cc1ccc(N)c(Nc2cc(C)no2)c1. The highest BCUT2D eigenvalue weighted by atomic mass is 16.5. The van der Waals surface area contributed by atoms with Crippen LogP contribution in [-0.4, -0.2) is 5.16 Å². The Kier molecular flexibility index (Phi) is 2.33. The van der Waals surface area contributed by atoms with Crippen molar-refractivity contribution in [1.29, 1.82) is 0 Å². The van der Waals surface area contributed by atoms with E-state index in [9.17, 15) is 0 Å². The molecule has 1 heterocycles. The number of anilines is 3. The van der Waals surface area contributed by atoms with Gasteiger partial charge in [0, 0.05) is 6.07 Å². The predicted octanol–water partition coefficient (Wildman–Crippen LogP) is 2.62. The molecule has 0 fully saturated rings. The highest BCUT2D eigenvalue weighted by molar-refractivity contribution is 5.71. The maximum absolute atomic E-state index is 5.82. The predicted molar refractivity (Wildman–Crippen MR) is 60.1 cm³/mol. The third-order valence-electron chi connectivity index (χ3n) is 2.09. The Hall–Kier alpha value is -1.97. The second kappa shape index (κ2) is 3.65. The molecule has 0 atom stereocenters. The van der Waals surface area contributed by atoms with Gasteiger partial charge in [0.1, 0.15) is 0 Å². The molecule has 1 aromatic heterocycles. The first-order valence-electron chi connectivity index (χ1n) is 4.71. The summed E-state index contributed by atoms with van der Waals surface area (Å²) in [6.07, 6.45) is 0. The van der Waals surface area contributed by atoms with Gasteiger partial charge in [0.05, 0.1) is 17.1 Å². The van der Waals surface area contributed by atoms with E-state index in [1.807, 2.05) is 38.1 Å². The number of hydrogen-bond acceptors (Lipinski definition) is 4. The minimum atomic E-state index is 0.602. The average Bonchev–Trinajstić information content (AvgIpc) is 2.58. The Balaban J connectivity index is 2.27. The van der Waals surface area contributed by atoms with Crippen molar-refractivity contribution < 1.29 is 4.52 Å². The maximum atomic E-state index is 5.82. The van der Waals surface area contributed by atoms with Crippen molar-refractivity contribution >= 4 is 17.3 Å². The first-order chi connectivity index (χ1) is 7.15. The van der Waals surface area contributed by atoms with E-state index in [4.69, 9.17) is 10.3 Å². The molecule has 2 rings (SSSR count). The van der Waals surface area contributed by atoms with Crippen molar-refractivity contribution in [3.63, 3.8) is 0 Å². The molecular weight excluding hydrogens is 190 g/mol. The molecule has 0 aliphatic rings. The number of hydrogen-bond donors (Lipinski definition) is 2. The molecule has 78 valence electrons. The molecular formula is C11H13N3O. The second-order valence-electron chi connectivity index (χ2n) is 3.55. The van der Waals surface area contributed by atoms with Crippen molar-refractivity contribution in [3.8, 4) is 0 Å². The number of aryl methyl sites for hydroxylation is 2. The van der Waals surface area contributed by atoms with E-state index in [1.54, 1.807) is 0 Å². The van der Waals surface area contributed by atoms with Crippen molar-refractivity contribution in [2.75, 3.05) is 11.1 Å². The lowest BCUT2D eigenvalue weighted by Gasteiger charge is -2.06. The second-order valence-corrected chi connectivity index (χ2v) is 3.55. The van der Waals surface area contributed by atoms with Crippen molar-refractivity contribution in [2.24, 2.45) is 0 Å². The van der Waals surface area contributed by atoms with Crippen LogP contribution in [0.15, 0.2) is 28.8 Å². The fourth-order valence-electron chi connectivity index (χ4n) is 1.33. The van der Waals surface area contributed by atoms with Gasteiger partial charge in [0.15, 0.2) is 0 Å². The molecule has 2 aromatic rings. The molecule has 4 heteroatoms. The first kappa shape index (κ1) is 9.58. The molecule has 1 aromatic carbocycles. The van der Waals surface area contributed by atoms with Crippen LogP contribution in [0.4, 0.5) is 17.3 Å². The smallest absolute Gasteiger partial charge is 0.229 e. The van der Waals surface area contributed by atoms with E-state index >= 15 is 0 Å². The van der Waals surface area contributed by atoms with E-state index in [1.165, 1.54) is 0 Å². The summed E-state index contributed by atoms with van der Waals surface area (Å²) in [6.45, 7) is 3.88. The average molecular weight is 203 g/mol. The lowest BCUT2D eigenvalue weighted by Crippen LogP contribution is -1.95. The summed E-state index contributed by atoms with van der Waals surface area (Å²) in [5.41, 5.74) is 9.33. The molecule has 0 aliphatic carbocycles. The zero-order valence-electron chi connectivity index (χ0n) is 8.74. The number of aromatic nitrogens is 1. The van der Waals surface area contributed by atoms with Crippen LogP contribution in [0, 0.1) is 13.8 Å². The van der Waals surface area contributed by atoms with Crippen molar-refractivity contribution in [3.05, 3.63) is 35.5 Å². The largest absolute Gasteiger partial charge is 0.397 e. The summed E-state index contributed by atoms with van der Waals surface area (Å²) in [6, 6.07) is 7.61. The molecule has 15 heavy (non-hydrogen) atoms. The number of nitrogens with one attached hydrogen (secondary N) is 1. The lowest BCUT2D eigenvalue weighted by atomic mass is 10.2. The van der Waals surface area contributed by atoms with Gasteiger partial charge in [-0.15, -0.1) is 0 Å². The van der Waals surface area contributed by atoms with Gasteiger partial charge in [-0.2, -0.15) is 0 Å². The fraction of sp³-hybridized carbons (Fsp3) is 0.182. The normalized spacial score (nSPS) is 10.3. The van der Waals surface area contributed by atoms with Gasteiger partial charge in [0.25, 0.3) is 0 Å². The number of nitrogens with zero attached hydrogens (tertiary/aromatic N) is 1. The Bertz CT molecular complexity index is 476. The van der Waals surface area contributed by atoms with E-state index in [0.29, 0.717) is 11.6 Å². The van der Waals surface area contributed by atoms with E-state index in [-0.39, 0.29) is 0 Å². The van der Waals surface area contributed by atoms with E-state index in [2.05, 4.69) is 10.5 Å². The number of rotatable bonds is 2. The molecule has 0 spiro atoms. The monoisotopic (exact) mass is 203 g/mol. The number of benzene rings is 1. The molecule has 0 aliphatic heterocycles. The molecule has 3 N–H and O–H groups in total. The van der Waals surface area contributed by atoms with Crippen LogP contribution in [0.5, 0.6) is 0 Å². The van der Waals surface area contributed by atoms with Gasteiger partial charge in [-0.25, -0.2) is 0 Å². The van der Waals surface area contributed by atoms with Crippen LogP contribution in [0.3, 0.4) is 0 Å². The molecule has 0 amide bonds. The summed E-state index contributed by atoms with van der Waals surface area (Å²) >= 11 is 0. The quantitative estimate of drug-likeness (QED) is 0.736. The van der Waals surface area contributed by atoms with Gasteiger partial charge >= 0.3 is 0 Å². The van der Waals surface area contributed by atoms with Crippen molar-refractivity contribution in [1.82, 2.24) is 5.16 Å². The maximum Gasteiger partial charge on any atom is 0.229 e. The van der Waals surface area contributed by atoms with Gasteiger partial charge in [-0.3, -0.25) is 0 Å². The lowest BCUT2D eigenvalue weighted by molar-refractivity contribution is 0.430. The third-order valence-corrected chi connectivity index (χ3v) is 2.09. The van der Waals surface area contributed by atoms with Crippen molar-refractivity contribution in [2.45, 2.75) is 13.8 Å². The van der Waals surface area contributed by atoms with Gasteiger partial charge in [0.2, 0.25) is 5.88 Å². The summed E-state index contributed by atoms with van der Waals surface area (Å²) in [7, 11) is 0. The van der Waals surface area contributed by atoms with Crippen LogP contribution >= 0.6 is 0 Å². The molecule has 0 saturated heterocycles. The van der Waals surface area contributed by atoms with Crippen LogP contribution < -0.4 is 11.1 Å². The minimum absolute atomic E-state index is 0.602. The highest BCUT2D eigenvalue weighted by Crippen LogP contribution is 2.24. The summed E-state index contributed by atoms with van der Waals surface area (Å²) in [4.78, 5) is 0. The molecule has 0 radical (unpaired) electrons. The van der Waals surface area contributed by atoms with Crippen LogP contribution in [0.1, 0.15) is 11.3 Å². The Labute approximate surface area is 88.1 Å². The summed E-state index contributed by atoms with van der Waals surface area (Å²) in [5, 5.41) is 6.87. The Morgan fingerprint density at radius 1 is 1.27 bits per heavy atom. The zero-order valence-corrected chi connectivity index (χ0v) is 8.74. The van der Waals surface area contributed by atoms with Gasteiger partial charge in [-0.1, -0.05) is 11.2 Å². The molecule has 4 nitrogen and oxygen atoms in total. The number of nitrogens with two attached hydrogens (primary N) is 1. The molecule has 0 saturated carbocycles. The Morgan fingerprint density at radius 2 is 2.07 bits per heavy atom. The third kappa shape index (κ3) is 2.10. The highest BCUT2D eigenvalue weighted by Gasteiger charge is 2.03. The first-order valence-corrected chi connectivity index (χ1v) is 4.71. The van der Waals surface area contributed by atoms with Crippen LogP contribution in [0.25, 0.3) is 0 Å². The fourth-order valence-corrected chi connectivity index (χ4v) is 1.33.